The van der Waals surface area contributed by atoms with Crippen molar-refractivity contribution in [3.05, 3.63) is 48.3 Å². The number of rotatable bonds is 17. The fraction of sp³-hybridized carbons (Fsp3) is 0.704. The summed E-state index contributed by atoms with van der Waals surface area (Å²) in [4.78, 5) is 5.19. The minimum absolute atomic E-state index is 0.557. The van der Waals surface area contributed by atoms with Crippen molar-refractivity contribution in [2.45, 2.75) is 116 Å². The van der Waals surface area contributed by atoms with Gasteiger partial charge in [-0.2, -0.15) is 0 Å². The monoisotopic (exact) mass is 398 g/mol. The maximum Gasteiger partial charge on any atom is 0.101 e. The Balaban J connectivity index is 1.71. The number of benzene rings is 1. The topological polar surface area (TPSA) is 6.48 Å². The fourth-order valence-corrected chi connectivity index (χ4v) is 4.43. The maximum atomic E-state index is 2.62. The number of hydrogen-bond donors (Lipinski definition) is 0. The molecule has 1 aliphatic heterocycles. The SMILES string of the molecule is CCCCCCCCCCCN1C=CN(Cc2ccccc2)C1CCCCCC. The molecule has 0 aromatic heterocycles. The Morgan fingerprint density at radius 2 is 1.17 bits per heavy atom. The van der Waals surface area contributed by atoms with Crippen LogP contribution in [-0.4, -0.2) is 22.5 Å². The van der Waals surface area contributed by atoms with Crippen molar-refractivity contribution in [1.82, 2.24) is 9.80 Å². The molecule has 0 N–H and O–H groups in total. The molecule has 164 valence electrons. The van der Waals surface area contributed by atoms with Gasteiger partial charge < -0.3 is 9.80 Å². The standard InChI is InChI=1S/C27H46N2/c1-3-5-7-9-10-11-12-13-18-22-28-23-24-29(25-26-19-15-14-16-20-26)27(28)21-17-8-6-4-2/h14-16,19-20,23-24,27H,3-13,17-18,21-22,25H2,1-2H3. The molecule has 29 heavy (non-hydrogen) atoms. The average molecular weight is 399 g/mol. The molecule has 0 fully saturated rings. The summed E-state index contributed by atoms with van der Waals surface area (Å²) in [5.74, 6) is 0. The summed E-state index contributed by atoms with van der Waals surface area (Å²) in [6.07, 6.45) is 24.6. The molecule has 0 radical (unpaired) electrons. The molecule has 0 aliphatic carbocycles. The average Bonchev–Trinajstić information content (AvgIpc) is 3.12. The van der Waals surface area contributed by atoms with Crippen LogP contribution in [0.2, 0.25) is 0 Å². The zero-order chi connectivity index (χ0) is 20.6. The van der Waals surface area contributed by atoms with Crippen LogP contribution in [0.15, 0.2) is 42.7 Å². The first-order chi connectivity index (χ1) is 14.3. The van der Waals surface area contributed by atoms with E-state index in [4.69, 9.17) is 0 Å². The van der Waals surface area contributed by atoms with Crippen LogP contribution in [0.5, 0.6) is 0 Å². The molecule has 1 atom stereocenters. The number of hydrogen-bond acceptors (Lipinski definition) is 2. The highest BCUT2D eigenvalue weighted by Crippen LogP contribution is 2.24. The molecule has 1 aromatic carbocycles. The molecule has 0 saturated carbocycles. The van der Waals surface area contributed by atoms with Gasteiger partial charge in [0.25, 0.3) is 0 Å². The van der Waals surface area contributed by atoms with E-state index in [1.807, 2.05) is 0 Å². The van der Waals surface area contributed by atoms with Crippen LogP contribution in [0.4, 0.5) is 0 Å². The summed E-state index contributed by atoms with van der Waals surface area (Å²) in [6, 6.07) is 10.9. The highest BCUT2D eigenvalue weighted by molar-refractivity contribution is 5.15. The lowest BCUT2D eigenvalue weighted by atomic mass is 10.1. The van der Waals surface area contributed by atoms with E-state index >= 15 is 0 Å². The fourth-order valence-electron chi connectivity index (χ4n) is 4.43. The minimum atomic E-state index is 0.557. The molecule has 2 nitrogen and oxygen atoms in total. The molecule has 1 aliphatic rings. The second-order valence-electron chi connectivity index (χ2n) is 8.85. The van der Waals surface area contributed by atoms with Gasteiger partial charge in [0.15, 0.2) is 0 Å². The summed E-state index contributed by atoms with van der Waals surface area (Å²) >= 11 is 0. The zero-order valence-electron chi connectivity index (χ0n) is 19.3. The third kappa shape index (κ3) is 9.74. The van der Waals surface area contributed by atoms with Gasteiger partial charge in [-0.05, 0) is 24.8 Å². The van der Waals surface area contributed by atoms with Crippen LogP contribution in [0.1, 0.15) is 109 Å². The Hall–Kier alpha value is -1.44. The van der Waals surface area contributed by atoms with E-state index in [9.17, 15) is 0 Å². The molecule has 2 rings (SSSR count). The van der Waals surface area contributed by atoms with Crippen LogP contribution in [0.25, 0.3) is 0 Å². The van der Waals surface area contributed by atoms with E-state index in [1.165, 1.54) is 102 Å². The number of nitrogens with zero attached hydrogens (tertiary/aromatic N) is 2. The predicted octanol–water partition coefficient (Wildman–Crippen LogP) is 8.10. The Labute approximate surface area is 181 Å². The molecule has 1 unspecified atom stereocenters. The molecular weight excluding hydrogens is 352 g/mol. The first-order valence-corrected chi connectivity index (χ1v) is 12.6. The van der Waals surface area contributed by atoms with Crippen molar-refractivity contribution in [2.75, 3.05) is 6.54 Å². The number of unbranched alkanes of at least 4 members (excludes halogenated alkanes) is 11. The largest absolute Gasteiger partial charge is 0.356 e. The van der Waals surface area contributed by atoms with Gasteiger partial charge in [0.2, 0.25) is 0 Å². The molecule has 0 amide bonds. The smallest absolute Gasteiger partial charge is 0.101 e. The van der Waals surface area contributed by atoms with Gasteiger partial charge in [-0.15, -0.1) is 0 Å². The quantitative estimate of drug-likeness (QED) is 0.244. The first-order valence-electron chi connectivity index (χ1n) is 12.6. The first kappa shape index (κ1) is 23.8. The van der Waals surface area contributed by atoms with Crippen molar-refractivity contribution in [3.8, 4) is 0 Å². The van der Waals surface area contributed by atoms with E-state index < -0.39 is 0 Å². The molecule has 1 aromatic rings. The summed E-state index contributed by atoms with van der Waals surface area (Å²) < 4.78 is 0. The third-order valence-corrected chi connectivity index (χ3v) is 6.26. The van der Waals surface area contributed by atoms with Gasteiger partial charge in [0.1, 0.15) is 6.17 Å². The second-order valence-corrected chi connectivity index (χ2v) is 8.85. The molecule has 0 spiro atoms. The van der Waals surface area contributed by atoms with Gasteiger partial charge in [0.05, 0.1) is 0 Å². The van der Waals surface area contributed by atoms with Gasteiger partial charge in [0, 0.05) is 25.5 Å². The Kier molecular flexibility index (Phi) is 12.7. The van der Waals surface area contributed by atoms with Crippen molar-refractivity contribution in [2.24, 2.45) is 0 Å². The normalized spacial score (nSPS) is 16.1. The molecule has 1 heterocycles. The maximum absolute atomic E-state index is 2.62. The van der Waals surface area contributed by atoms with Gasteiger partial charge in [-0.1, -0.05) is 115 Å². The van der Waals surface area contributed by atoms with Crippen LogP contribution in [0, 0.1) is 0 Å². The van der Waals surface area contributed by atoms with Gasteiger partial charge >= 0.3 is 0 Å². The zero-order valence-corrected chi connectivity index (χ0v) is 19.3. The Morgan fingerprint density at radius 1 is 0.621 bits per heavy atom. The lowest BCUT2D eigenvalue weighted by Crippen LogP contribution is -2.38. The molecule has 0 bridgehead atoms. The van der Waals surface area contributed by atoms with Crippen molar-refractivity contribution in [1.29, 1.82) is 0 Å². The van der Waals surface area contributed by atoms with E-state index in [-0.39, 0.29) is 0 Å². The van der Waals surface area contributed by atoms with Crippen LogP contribution >= 0.6 is 0 Å². The van der Waals surface area contributed by atoms with Crippen molar-refractivity contribution >= 4 is 0 Å². The van der Waals surface area contributed by atoms with Gasteiger partial charge in [-0.25, -0.2) is 0 Å². The Morgan fingerprint density at radius 3 is 1.83 bits per heavy atom. The van der Waals surface area contributed by atoms with Crippen molar-refractivity contribution in [3.63, 3.8) is 0 Å². The van der Waals surface area contributed by atoms with E-state index in [2.05, 4.69) is 66.4 Å². The van der Waals surface area contributed by atoms with Crippen LogP contribution in [0.3, 0.4) is 0 Å². The summed E-state index contributed by atoms with van der Waals surface area (Å²) in [5.41, 5.74) is 1.42. The van der Waals surface area contributed by atoms with E-state index in [0.717, 1.165) is 6.54 Å². The predicted molar refractivity (Wildman–Crippen MR) is 128 cm³/mol. The summed E-state index contributed by atoms with van der Waals surface area (Å²) in [5, 5.41) is 0. The van der Waals surface area contributed by atoms with Crippen LogP contribution in [-0.2, 0) is 6.54 Å². The third-order valence-electron chi connectivity index (χ3n) is 6.26. The lowest BCUT2D eigenvalue weighted by molar-refractivity contribution is 0.132. The Bertz CT molecular complexity index is 525. The summed E-state index contributed by atoms with van der Waals surface area (Å²) in [6.45, 7) is 6.85. The molecule has 0 saturated heterocycles. The molecule has 2 heteroatoms. The van der Waals surface area contributed by atoms with E-state index in [1.54, 1.807) is 0 Å². The highest BCUT2D eigenvalue weighted by atomic mass is 15.4. The van der Waals surface area contributed by atoms with Crippen molar-refractivity contribution < 1.29 is 0 Å². The van der Waals surface area contributed by atoms with E-state index in [0.29, 0.717) is 6.17 Å². The lowest BCUT2D eigenvalue weighted by Gasteiger charge is -2.33. The summed E-state index contributed by atoms with van der Waals surface area (Å²) in [7, 11) is 0. The molecular formula is C27H46N2. The minimum Gasteiger partial charge on any atom is -0.356 e. The van der Waals surface area contributed by atoms with Crippen LogP contribution < -0.4 is 0 Å². The second kappa shape index (κ2) is 15.4. The van der Waals surface area contributed by atoms with Gasteiger partial charge in [-0.3, -0.25) is 0 Å². The highest BCUT2D eigenvalue weighted by Gasteiger charge is 2.25.